The number of rotatable bonds is 6. The molecule has 10 heteroatoms. The van der Waals surface area contributed by atoms with Crippen LogP contribution in [-0.2, 0) is 11.3 Å². The number of benzene rings is 1. The van der Waals surface area contributed by atoms with Gasteiger partial charge in [0.25, 0.3) is 0 Å². The summed E-state index contributed by atoms with van der Waals surface area (Å²) in [6.07, 6.45) is 2.72. The van der Waals surface area contributed by atoms with Gasteiger partial charge in [-0.2, -0.15) is 0 Å². The lowest BCUT2D eigenvalue weighted by molar-refractivity contribution is 0.0577. The third-order valence-corrected chi connectivity index (χ3v) is 6.24. The number of hydrogen-bond acceptors (Lipinski definition) is 6. The van der Waals surface area contributed by atoms with E-state index in [-0.39, 0.29) is 19.2 Å². The van der Waals surface area contributed by atoms with Gasteiger partial charge in [-0.15, -0.1) is 5.10 Å². The Labute approximate surface area is 209 Å². The van der Waals surface area contributed by atoms with E-state index < -0.39 is 17.8 Å². The van der Waals surface area contributed by atoms with Gasteiger partial charge < -0.3 is 19.5 Å². The molecule has 2 amide bonds. The number of anilines is 1. The summed E-state index contributed by atoms with van der Waals surface area (Å²) < 4.78 is 13.7. The first kappa shape index (κ1) is 23.9. The second-order valence-electron chi connectivity index (χ2n) is 10.4. The predicted molar refractivity (Wildman–Crippen MR) is 132 cm³/mol. The Morgan fingerprint density at radius 1 is 1.17 bits per heavy atom. The van der Waals surface area contributed by atoms with Crippen LogP contribution in [0.15, 0.2) is 42.6 Å². The highest BCUT2D eigenvalue weighted by Crippen LogP contribution is 2.41. The number of hydrogen-bond donors (Lipinski definition) is 1. The number of carboxylic acid groups (broad SMARTS) is 1. The van der Waals surface area contributed by atoms with Crippen LogP contribution in [0.2, 0.25) is 0 Å². The number of imidazole rings is 1. The number of carbonyl (C=O) groups excluding carboxylic acids is 1. The van der Waals surface area contributed by atoms with E-state index in [2.05, 4.69) is 4.98 Å². The van der Waals surface area contributed by atoms with E-state index in [0.29, 0.717) is 36.1 Å². The van der Waals surface area contributed by atoms with Gasteiger partial charge in [-0.1, -0.05) is 30.3 Å². The van der Waals surface area contributed by atoms with Crippen LogP contribution in [0, 0.1) is 0 Å². The Balaban J connectivity index is 1.56. The lowest BCUT2D eigenvalue weighted by atomic mass is 10.2. The zero-order valence-electron chi connectivity index (χ0n) is 20.8. The molecule has 1 N–H and O–H groups in total. The van der Waals surface area contributed by atoms with Crippen molar-refractivity contribution in [3.8, 4) is 5.88 Å². The maximum atomic E-state index is 13.5. The molecule has 0 unspecified atom stereocenters. The molecule has 10 nitrogen and oxygen atoms in total. The number of nitrogens with zero attached hydrogens (tertiary/aromatic N) is 5. The fourth-order valence-corrected chi connectivity index (χ4v) is 4.36. The largest absolute Gasteiger partial charge is 0.471 e. The molecule has 1 atom stereocenters. The Morgan fingerprint density at radius 2 is 1.92 bits per heavy atom. The van der Waals surface area contributed by atoms with Crippen LogP contribution in [0.4, 0.5) is 15.3 Å². The summed E-state index contributed by atoms with van der Waals surface area (Å²) in [5.41, 5.74) is 2.29. The second kappa shape index (κ2) is 9.33. The number of likely N-dealkylation sites (tertiary alicyclic amines) is 1. The van der Waals surface area contributed by atoms with Crippen LogP contribution in [-0.4, -0.2) is 61.6 Å². The molecule has 190 valence electrons. The molecule has 3 heterocycles. The van der Waals surface area contributed by atoms with Gasteiger partial charge in [-0.05, 0) is 39.2 Å². The summed E-state index contributed by atoms with van der Waals surface area (Å²) >= 11 is 0. The minimum absolute atomic E-state index is 0.267. The molecule has 5 rings (SSSR count). The molecule has 2 fully saturated rings. The van der Waals surface area contributed by atoms with Gasteiger partial charge in [0, 0.05) is 24.9 Å². The summed E-state index contributed by atoms with van der Waals surface area (Å²) in [7, 11) is 0. The van der Waals surface area contributed by atoms with E-state index in [9.17, 15) is 14.7 Å². The van der Waals surface area contributed by atoms with E-state index >= 15 is 0 Å². The summed E-state index contributed by atoms with van der Waals surface area (Å²) in [6, 6.07) is 11.4. The van der Waals surface area contributed by atoms with Crippen LogP contribution in [0.1, 0.15) is 57.2 Å². The fourth-order valence-electron chi connectivity index (χ4n) is 4.36. The van der Waals surface area contributed by atoms with Gasteiger partial charge in [0.2, 0.25) is 5.88 Å². The van der Waals surface area contributed by atoms with Gasteiger partial charge in [0.1, 0.15) is 11.7 Å². The van der Waals surface area contributed by atoms with Crippen molar-refractivity contribution in [1.82, 2.24) is 19.5 Å². The lowest BCUT2D eigenvalue weighted by Crippen LogP contribution is -2.37. The molecule has 1 saturated carbocycles. The van der Waals surface area contributed by atoms with Crippen molar-refractivity contribution in [3.63, 3.8) is 0 Å². The normalized spacial score (nSPS) is 17.9. The molecule has 36 heavy (non-hydrogen) atoms. The van der Waals surface area contributed by atoms with Crippen LogP contribution < -0.4 is 9.64 Å². The van der Waals surface area contributed by atoms with Gasteiger partial charge >= 0.3 is 12.2 Å². The van der Waals surface area contributed by atoms with Gasteiger partial charge in [0.05, 0.1) is 30.7 Å². The van der Waals surface area contributed by atoms with Crippen molar-refractivity contribution in [3.05, 3.63) is 53.9 Å². The minimum Gasteiger partial charge on any atom is -0.471 e. The van der Waals surface area contributed by atoms with Gasteiger partial charge in [-0.25, -0.2) is 19.1 Å². The number of carbonyl (C=O) groups is 2. The molecule has 1 aliphatic carbocycles. The standard InChI is InChI=1S/C26H31N5O5/c1-26(2,3)36-25(34)30(15-17-7-5-4-6-8-17)20-13-22(35-19-11-12-29(16-19)24(32)33)28-31-21(18-9-10-18)14-27-23(20)31/h4-8,13-14,18-19H,9-12,15-16H2,1-3H3,(H,32,33)/t19-/m0/s1. The number of ether oxygens (including phenoxy) is 2. The minimum atomic E-state index is -0.963. The summed E-state index contributed by atoms with van der Waals surface area (Å²) in [5, 5.41) is 14.0. The van der Waals surface area contributed by atoms with Crippen molar-refractivity contribution in [2.75, 3.05) is 18.0 Å². The van der Waals surface area contributed by atoms with Crippen molar-refractivity contribution in [1.29, 1.82) is 0 Å². The summed E-state index contributed by atoms with van der Waals surface area (Å²) in [5.74, 6) is 0.685. The van der Waals surface area contributed by atoms with Gasteiger partial charge in [0.15, 0.2) is 5.65 Å². The average Bonchev–Trinajstić information content (AvgIpc) is 3.39. The lowest BCUT2D eigenvalue weighted by Gasteiger charge is -2.28. The van der Waals surface area contributed by atoms with Crippen molar-refractivity contribution in [2.24, 2.45) is 0 Å². The smallest absolute Gasteiger partial charge is 0.415 e. The quantitative estimate of drug-likeness (QED) is 0.531. The number of fused-ring (bicyclic) bond motifs is 1. The molecular formula is C26H31N5O5. The fraction of sp³-hybridized carbons (Fsp3) is 0.462. The molecule has 0 spiro atoms. The van der Waals surface area contributed by atoms with E-state index in [0.717, 1.165) is 24.1 Å². The molecule has 3 aromatic rings. The maximum absolute atomic E-state index is 13.5. The Morgan fingerprint density at radius 3 is 2.56 bits per heavy atom. The maximum Gasteiger partial charge on any atom is 0.415 e. The Bertz CT molecular complexity index is 1260. The Kier molecular flexibility index (Phi) is 6.19. The van der Waals surface area contributed by atoms with E-state index in [1.165, 1.54) is 4.90 Å². The third-order valence-electron chi connectivity index (χ3n) is 6.24. The molecule has 2 aliphatic rings. The highest BCUT2D eigenvalue weighted by Gasteiger charge is 2.33. The van der Waals surface area contributed by atoms with Crippen LogP contribution in [0.3, 0.4) is 0 Å². The number of aromatic nitrogens is 3. The summed E-state index contributed by atoms with van der Waals surface area (Å²) in [4.78, 5) is 32.4. The SMILES string of the molecule is CC(C)(C)OC(=O)N(Cc1ccccc1)c1cc(O[C@H]2CCN(C(=O)O)C2)nn2c(C3CC3)cnc12. The van der Waals surface area contributed by atoms with Crippen LogP contribution in [0.25, 0.3) is 5.65 Å². The van der Waals surface area contributed by atoms with Crippen LogP contribution in [0.5, 0.6) is 5.88 Å². The summed E-state index contributed by atoms with van der Waals surface area (Å²) in [6.45, 7) is 6.44. The molecule has 0 bridgehead atoms. The van der Waals surface area contributed by atoms with E-state index in [4.69, 9.17) is 14.6 Å². The first-order valence-corrected chi connectivity index (χ1v) is 12.3. The zero-order chi connectivity index (χ0) is 25.4. The molecular weight excluding hydrogens is 462 g/mol. The van der Waals surface area contributed by atoms with Crippen molar-refractivity contribution >= 4 is 23.5 Å². The molecule has 1 saturated heterocycles. The molecule has 2 aromatic heterocycles. The van der Waals surface area contributed by atoms with Crippen LogP contribution >= 0.6 is 0 Å². The number of amides is 2. The van der Waals surface area contributed by atoms with Gasteiger partial charge in [-0.3, -0.25) is 4.90 Å². The topological polar surface area (TPSA) is 110 Å². The van der Waals surface area contributed by atoms with E-state index in [1.807, 2.05) is 57.3 Å². The molecule has 1 aromatic carbocycles. The first-order valence-electron chi connectivity index (χ1n) is 12.3. The Hall–Kier alpha value is -3.82. The average molecular weight is 494 g/mol. The van der Waals surface area contributed by atoms with E-state index in [1.54, 1.807) is 15.5 Å². The second-order valence-corrected chi connectivity index (χ2v) is 10.4. The van der Waals surface area contributed by atoms with Crippen molar-refractivity contribution < 1.29 is 24.2 Å². The van der Waals surface area contributed by atoms with Crippen molar-refractivity contribution in [2.45, 2.75) is 64.2 Å². The highest BCUT2D eigenvalue weighted by atomic mass is 16.6. The third kappa shape index (κ3) is 5.22. The highest BCUT2D eigenvalue weighted by molar-refractivity contribution is 5.92. The first-order chi connectivity index (χ1) is 17.2. The zero-order valence-corrected chi connectivity index (χ0v) is 20.8. The molecule has 1 aliphatic heterocycles. The molecule has 0 radical (unpaired) electrons. The monoisotopic (exact) mass is 493 g/mol. The predicted octanol–water partition coefficient (Wildman–Crippen LogP) is 4.68.